The summed E-state index contributed by atoms with van der Waals surface area (Å²) < 4.78 is 0.694. The fourth-order valence-electron chi connectivity index (χ4n) is 2.78. The lowest BCUT2D eigenvalue weighted by Crippen LogP contribution is -2.47. The summed E-state index contributed by atoms with van der Waals surface area (Å²) >= 11 is 3.31. The SMILES string of the molecule is O=C(CNC1CCCCCCC1)NNC(=O)c1ccccc1Br. The Labute approximate surface area is 145 Å². The van der Waals surface area contributed by atoms with Crippen LogP contribution in [-0.4, -0.2) is 24.4 Å². The first-order valence-electron chi connectivity index (χ1n) is 8.24. The van der Waals surface area contributed by atoms with Crippen LogP contribution < -0.4 is 16.2 Å². The van der Waals surface area contributed by atoms with Crippen molar-refractivity contribution in [2.24, 2.45) is 0 Å². The minimum absolute atomic E-state index is 0.223. The van der Waals surface area contributed by atoms with Crippen molar-refractivity contribution in [1.29, 1.82) is 0 Å². The largest absolute Gasteiger partial charge is 0.306 e. The van der Waals surface area contributed by atoms with Gasteiger partial charge < -0.3 is 5.32 Å². The number of carbonyl (C=O) groups excluding carboxylic acids is 2. The maximum Gasteiger partial charge on any atom is 0.270 e. The van der Waals surface area contributed by atoms with Crippen molar-refractivity contribution < 1.29 is 9.59 Å². The van der Waals surface area contributed by atoms with Crippen molar-refractivity contribution in [3.63, 3.8) is 0 Å². The molecule has 6 heteroatoms. The Morgan fingerprint density at radius 3 is 2.35 bits per heavy atom. The molecule has 0 radical (unpaired) electrons. The van der Waals surface area contributed by atoms with Gasteiger partial charge in [-0.05, 0) is 40.9 Å². The molecule has 0 unspecified atom stereocenters. The van der Waals surface area contributed by atoms with Crippen LogP contribution in [0.4, 0.5) is 0 Å². The summed E-state index contributed by atoms with van der Waals surface area (Å²) in [4.78, 5) is 23.8. The van der Waals surface area contributed by atoms with Gasteiger partial charge in [0.1, 0.15) is 0 Å². The average Bonchev–Trinajstić information content (AvgIpc) is 2.52. The van der Waals surface area contributed by atoms with Crippen LogP contribution in [0.3, 0.4) is 0 Å². The summed E-state index contributed by atoms with van der Waals surface area (Å²) in [6.07, 6.45) is 8.58. The standard InChI is InChI=1S/C17H24BrN3O2/c18-15-11-7-6-10-14(15)17(23)21-20-16(22)12-19-13-8-4-2-1-3-5-9-13/h6-7,10-11,13,19H,1-5,8-9,12H2,(H,20,22)(H,21,23). The molecule has 1 aromatic rings. The van der Waals surface area contributed by atoms with Gasteiger partial charge >= 0.3 is 0 Å². The zero-order chi connectivity index (χ0) is 16.5. The highest BCUT2D eigenvalue weighted by Gasteiger charge is 2.13. The summed E-state index contributed by atoms with van der Waals surface area (Å²) in [5.41, 5.74) is 5.38. The summed E-state index contributed by atoms with van der Waals surface area (Å²) in [5.74, 6) is -0.566. The average molecular weight is 382 g/mol. The number of hydrazine groups is 1. The molecule has 0 heterocycles. The van der Waals surface area contributed by atoms with Crippen molar-refractivity contribution >= 4 is 27.7 Å². The molecular formula is C17H24BrN3O2. The first-order valence-corrected chi connectivity index (χ1v) is 9.03. The van der Waals surface area contributed by atoms with E-state index in [1.54, 1.807) is 18.2 Å². The number of amides is 2. The van der Waals surface area contributed by atoms with Crippen molar-refractivity contribution in [2.45, 2.75) is 51.0 Å². The minimum atomic E-state index is -0.336. The molecule has 23 heavy (non-hydrogen) atoms. The van der Waals surface area contributed by atoms with Gasteiger partial charge in [-0.3, -0.25) is 20.4 Å². The van der Waals surface area contributed by atoms with Crippen LogP contribution in [0.15, 0.2) is 28.7 Å². The molecular weight excluding hydrogens is 358 g/mol. The third-order valence-electron chi connectivity index (χ3n) is 4.09. The van der Waals surface area contributed by atoms with Crippen LogP contribution >= 0.6 is 15.9 Å². The molecule has 1 aromatic carbocycles. The number of nitrogens with one attached hydrogen (secondary N) is 3. The van der Waals surface area contributed by atoms with Gasteiger partial charge in [0.05, 0.1) is 12.1 Å². The van der Waals surface area contributed by atoms with E-state index in [-0.39, 0.29) is 18.4 Å². The first kappa shape index (κ1) is 17.9. The van der Waals surface area contributed by atoms with Crippen LogP contribution in [0.2, 0.25) is 0 Å². The fraction of sp³-hybridized carbons (Fsp3) is 0.529. The quantitative estimate of drug-likeness (QED) is 0.702. The van der Waals surface area contributed by atoms with Crippen molar-refractivity contribution in [3.8, 4) is 0 Å². The molecule has 1 aliphatic rings. The molecule has 1 fully saturated rings. The van der Waals surface area contributed by atoms with Crippen molar-refractivity contribution in [2.75, 3.05) is 6.54 Å². The molecule has 5 nitrogen and oxygen atoms in total. The third kappa shape index (κ3) is 6.31. The van der Waals surface area contributed by atoms with E-state index in [1.165, 1.54) is 32.1 Å². The molecule has 0 aliphatic heterocycles. The highest BCUT2D eigenvalue weighted by Crippen LogP contribution is 2.17. The summed E-state index contributed by atoms with van der Waals surface area (Å²) in [6, 6.07) is 7.49. The highest BCUT2D eigenvalue weighted by atomic mass is 79.9. The summed E-state index contributed by atoms with van der Waals surface area (Å²) in [7, 11) is 0. The van der Waals surface area contributed by atoms with Crippen LogP contribution in [-0.2, 0) is 4.79 Å². The van der Waals surface area contributed by atoms with E-state index in [2.05, 4.69) is 32.1 Å². The molecule has 1 saturated carbocycles. The Hall–Kier alpha value is -1.40. The second-order valence-electron chi connectivity index (χ2n) is 5.91. The van der Waals surface area contributed by atoms with Crippen molar-refractivity contribution in [3.05, 3.63) is 34.3 Å². The topological polar surface area (TPSA) is 70.2 Å². The predicted molar refractivity (Wildman–Crippen MR) is 93.9 cm³/mol. The Bertz CT molecular complexity index is 528. The molecule has 0 spiro atoms. The number of hydrogen-bond acceptors (Lipinski definition) is 3. The van der Waals surface area contributed by atoms with Gasteiger partial charge in [0, 0.05) is 10.5 Å². The van der Waals surface area contributed by atoms with Crippen LogP contribution in [0.5, 0.6) is 0 Å². The summed E-state index contributed by atoms with van der Waals surface area (Å²) in [5, 5.41) is 3.29. The molecule has 2 amide bonds. The number of hydrogen-bond donors (Lipinski definition) is 3. The van der Waals surface area contributed by atoms with Crippen LogP contribution in [0.1, 0.15) is 55.3 Å². The van der Waals surface area contributed by atoms with E-state index in [9.17, 15) is 9.59 Å². The Morgan fingerprint density at radius 1 is 1.00 bits per heavy atom. The van der Waals surface area contributed by atoms with Gasteiger partial charge in [0.25, 0.3) is 11.8 Å². The van der Waals surface area contributed by atoms with Crippen LogP contribution in [0, 0.1) is 0 Å². The Balaban J connectivity index is 1.70. The van der Waals surface area contributed by atoms with Gasteiger partial charge in [0.2, 0.25) is 0 Å². The lowest BCUT2D eigenvalue weighted by molar-refractivity contribution is -0.121. The molecule has 2 rings (SSSR count). The Kier molecular flexibility index (Phi) is 7.55. The van der Waals surface area contributed by atoms with Gasteiger partial charge in [-0.2, -0.15) is 0 Å². The van der Waals surface area contributed by atoms with Crippen LogP contribution in [0.25, 0.3) is 0 Å². The lowest BCUT2D eigenvalue weighted by Gasteiger charge is -2.20. The van der Waals surface area contributed by atoms with E-state index in [0.29, 0.717) is 16.1 Å². The number of carbonyl (C=O) groups is 2. The van der Waals surface area contributed by atoms with E-state index in [4.69, 9.17) is 0 Å². The highest BCUT2D eigenvalue weighted by molar-refractivity contribution is 9.10. The lowest BCUT2D eigenvalue weighted by atomic mass is 9.97. The molecule has 0 aromatic heterocycles. The monoisotopic (exact) mass is 381 g/mol. The van der Waals surface area contributed by atoms with E-state index < -0.39 is 0 Å². The third-order valence-corrected chi connectivity index (χ3v) is 4.78. The second kappa shape index (κ2) is 9.67. The fourth-order valence-corrected chi connectivity index (χ4v) is 3.25. The summed E-state index contributed by atoms with van der Waals surface area (Å²) in [6.45, 7) is 0.223. The molecule has 0 bridgehead atoms. The van der Waals surface area contributed by atoms with E-state index >= 15 is 0 Å². The van der Waals surface area contributed by atoms with Gasteiger partial charge in [-0.15, -0.1) is 0 Å². The zero-order valence-electron chi connectivity index (χ0n) is 13.2. The number of benzene rings is 1. The molecule has 0 saturated heterocycles. The first-order chi connectivity index (χ1) is 11.2. The second-order valence-corrected chi connectivity index (χ2v) is 6.76. The zero-order valence-corrected chi connectivity index (χ0v) is 14.8. The number of rotatable bonds is 4. The van der Waals surface area contributed by atoms with E-state index in [1.807, 2.05) is 6.07 Å². The minimum Gasteiger partial charge on any atom is -0.306 e. The molecule has 1 aliphatic carbocycles. The predicted octanol–water partition coefficient (Wildman–Crippen LogP) is 2.91. The van der Waals surface area contributed by atoms with Gasteiger partial charge in [-0.1, -0.05) is 44.2 Å². The maximum absolute atomic E-state index is 12.0. The maximum atomic E-state index is 12.0. The molecule has 126 valence electrons. The molecule has 3 N–H and O–H groups in total. The Morgan fingerprint density at radius 2 is 1.65 bits per heavy atom. The smallest absolute Gasteiger partial charge is 0.270 e. The number of halogens is 1. The molecule has 0 atom stereocenters. The van der Waals surface area contributed by atoms with E-state index in [0.717, 1.165) is 12.8 Å². The van der Waals surface area contributed by atoms with Gasteiger partial charge in [0.15, 0.2) is 0 Å². The van der Waals surface area contributed by atoms with Crippen molar-refractivity contribution in [1.82, 2.24) is 16.2 Å². The normalized spacial score (nSPS) is 16.2. The van der Waals surface area contributed by atoms with Gasteiger partial charge in [-0.25, -0.2) is 0 Å².